The van der Waals surface area contributed by atoms with Gasteiger partial charge in [-0.2, -0.15) is 0 Å². The van der Waals surface area contributed by atoms with Crippen LogP contribution in [0.5, 0.6) is 11.5 Å². The molecule has 2 aromatic carbocycles. The Bertz CT molecular complexity index is 649. The van der Waals surface area contributed by atoms with E-state index in [2.05, 4.69) is 5.32 Å². The van der Waals surface area contributed by atoms with Crippen LogP contribution in [0.3, 0.4) is 0 Å². The lowest BCUT2D eigenvalue weighted by Crippen LogP contribution is -2.07. The summed E-state index contributed by atoms with van der Waals surface area (Å²) in [6.45, 7) is 0. The fraction of sp³-hybridized carbons (Fsp3) is 0. The van der Waals surface area contributed by atoms with Crippen molar-refractivity contribution >= 4 is 23.4 Å². The summed E-state index contributed by atoms with van der Waals surface area (Å²) in [5, 5.41) is 21.4. The second-order valence-corrected chi connectivity index (χ2v) is 4.19. The first-order chi connectivity index (χ1) is 9.54. The second-order valence-electron chi connectivity index (χ2n) is 4.19. The van der Waals surface area contributed by atoms with Gasteiger partial charge in [-0.05, 0) is 48.5 Å². The third-order valence-electron chi connectivity index (χ3n) is 2.60. The first-order valence-corrected chi connectivity index (χ1v) is 5.91. The molecule has 5 N–H and O–H groups in total. The van der Waals surface area contributed by atoms with E-state index in [1.807, 2.05) is 0 Å². The van der Waals surface area contributed by atoms with Crippen LogP contribution >= 0.6 is 0 Å². The predicted octanol–water partition coefficient (Wildman–Crippen LogP) is 2.33. The topological polar surface area (TPSA) is 95.6 Å². The van der Waals surface area contributed by atoms with Gasteiger partial charge >= 0.3 is 0 Å². The number of nitrogens with one attached hydrogen (secondary N) is 1. The zero-order chi connectivity index (χ0) is 14.5. The standard InChI is InChI=1S/C15H14N2O3/c16-11-2-7-14(19)10(9-11)1-8-15(20)17-12-3-5-13(18)6-4-12/h1-9,18-19H,16H2,(H,17,20). The minimum atomic E-state index is -0.350. The zero-order valence-corrected chi connectivity index (χ0v) is 10.6. The molecular formula is C15H14N2O3. The van der Waals surface area contributed by atoms with Gasteiger partial charge in [0.05, 0.1) is 0 Å². The molecule has 0 heterocycles. The average molecular weight is 270 g/mol. The molecule has 0 spiro atoms. The molecule has 0 aliphatic carbocycles. The van der Waals surface area contributed by atoms with Crippen molar-refractivity contribution in [3.05, 3.63) is 54.1 Å². The van der Waals surface area contributed by atoms with E-state index < -0.39 is 0 Å². The maximum Gasteiger partial charge on any atom is 0.248 e. The largest absolute Gasteiger partial charge is 0.508 e. The SMILES string of the molecule is Nc1ccc(O)c(C=CC(=O)Nc2ccc(O)cc2)c1. The van der Waals surface area contributed by atoms with Crippen LogP contribution in [0.15, 0.2) is 48.5 Å². The number of rotatable bonds is 3. The second kappa shape index (κ2) is 5.79. The zero-order valence-electron chi connectivity index (χ0n) is 10.6. The molecule has 0 radical (unpaired) electrons. The average Bonchev–Trinajstić information content (AvgIpc) is 2.42. The maximum atomic E-state index is 11.7. The van der Waals surface area contributed by atoms with Crippen LogP contribution in [-0.4, -0.2) is 16.1 Å². The van der Waals surface area contributed by atoms with Gasteiger partial charge in [-0.15, -0.1) is 0 Å². The summed E-state index contributed by atoms with van der Waals surface area (Å²) < 4.78 is 0. The third kappa shape index (κ3) is 3.52. The van der Waals surface area contributed by atoms with E-state index in [4.69, 9.17) is 10.8 Å². The summed E-state index contributed by atoms with van der Waals surface area (Å²) in [4.78, 5) is 11.7. The van der Waals surface area contributed by atoms with Gasteiger partial charge in [0.15, 0.2) is 0 Å². The molecule has 1 amide bonds. The van der Waals surface area contributed by atoms with E-state index in [0.717, 1.165) is 0 Å². The van der Waals surface area contributed by atoms with E-state index >= 15 is 0 Å². The highest BCUT2D eigenvalue weighted by molar-refractivity contribution is 6.02. The summed E-state index contributed by atoms with van der Waals surface area (Å²) in [5.74, 6) is -0.173. The molecule has 0 fully saturated rings. The Morgan fingerprint density at radius 2 is 1.80 bits per heavy atom. The lowest BCUT2D eigenvalue weighted by molar-refractivity contribution is -0.111. The molecule has 2 aromatic rings. The van der Waals surface area contributed by atoms with Crippen LogP contribution in [0.4, 0.5) is 11.4 Å². The van der Waals surface area contributed by atoms with Gasteiger partial charge in [0.1, 0.15) is 11.5 Å². The van der Waals surface area contributed by atoms with Crippen LogP contribution in [0.25, 0.3) is 6.08 Å². The van der Waals surface area contributed by atoms with Crippen LogP contribution in [0.1, 0.15) is 5.56 Å². The summed E-state index contributed by atoms with van der Waals surface area (Å²) in [7, 11) is 0. The Morgan fingerprint density at radius 1 is 1.10 bits per heavy atom. The Kier molecular flexibility index (Phi) is 3.91. The lowest BCUT2D eigenvalue weighted by Gasteiger charge is -2.03. The monoisotopic (exact) mass is 270 g/mol. The van der Waals surface area contributed by atoms with Crippen molar-refractivity contribution in [1.82, 2.24) is 0 Å². The number of benzene rings is 2. The van der Waals surface area contributed by atoms with E-state index in [0.29, 0.717) is 16.9 Å². The van der Waals surface area contributed by atoms with Gasteiger partial charge in [0.2, 0.25) is 5.91 Å². The van der Waals surface area contributed by atoms with Crippen molar-refractivity contribution in [3.63, 3.8) is 0 Å². The van der Waals surface area contributed by atoms with Crippen molar-refractivity contribution in [3.8, 4) is 11.5 Å². The number of hydrogen-bond donors (Lipinski definition) is 4. The molecule has 102 valence electrons. The molecule has 5 heteroatoms. The first kappa shape index (κ1) is 13.5. The van der Waals surface area contributed by atoms with Crippen molar-refractivity contribution < 1.29 is 15.0 Å². The number of aromatic hydroxyl groups is 2. The number of nitrogen functional groups attached to an aromatic ring is 1. The molecule has 2 rings (SSSR count). The van der Waals surface area contributed by atoms with Crippen LogP contribution in [0.2, 0.25) is 0 Å². The Morgan fingerprint density at radius 3 is 2.50 bits per heavy atom. The molecule has 0 atom stereocenters. The predicted molar refractivity (Wildman–Crippen MR) is 78.3 cm³/mol. The van der Waals surface area contributed by atoms with Crippen molar-refractivity contribution in [2.24, 2.45) is 0 Å². The lowest BCUT2D eigenvalue weighted by atomic mass is 10.1. The Labute approximate surface area is 116 Å². The molecule has 5 nitrogen and oxygen atoms in total. The summed E-state index contributed by atoms with van der Waals surface area (Å²) >= 11 is 0. The van der Waals surface area contributed by atoms with Crippen LogP contribution in [0, 0.1) is 0 Å². The molecule has 0 aromatic heterocycles. The van der Waals surface area contributed by atoms with Crippen molar-refractivity contribution in [2.45, 2.75) is 0 Å². The number of carbonyl (C=O) groups is 1. The van der Waals surface area contributed by atoms with Crippen molar-refractivity contribution in [2.75, 3.05) is 11.1 Å². The molecule has 0 aliphatic heterocycles. The van der Waals surface area contributed by atoms with Crippen molar-refractivity contribution in [1.29, 1.82) is 0 Å². The highest BCUT2D eigenvalue weighted by atomic mass is 16.3. The normalized spacial score (nSPS) is 10.6. The number of nitrogens with two attached hydrogens (primary N) is 1. The summed E-state index contributed by atoms with van der Waals surface area (Å²) in [5.41, 5.74) is 7.13. The molecule has 0 unspecified atom stereocenters. The molecule has 0 saturated carbocycles. The van der Waals surface area contributed by atoms with E-state index in [1.165, 1.54) is 30.4 Å². The number of phenolic OH excluding ortho intramolecular Hbond substituents is 2. The van der Waals surface area contributed by atoms with E-state index in [-0.39, 0.29) is 17.4 Å². The van der Waals surface area contributed by atoms with Gasteiger partial charge in [0.25, 0.3) is 0 Å². The van der Waals surface area contributed by atoms with Crippen LogP contribution in [-0.2, 0) is 4.79 Å². The van der Waals surface area contributed by atoms with E-state index in [1.54, 1.807) is 24.3 Å². The third-order valence-corrected chi connectivity index (χ3v) is 2.60. The quantitative estimate of drug-likeness (QED) is 0.391. The minimum Gasteiger partial charge on any atom is -0.508 e. The number of carbonyl (C=O) groups excluding carboxylic acids is 1. The Hall–Kier alpha value is -2.95. The van der Waals surface area contributed by atoms with Gasteiger partial charge < -0.3 is 21.3 Å². The first-order valence-electron chi connectivity index (χ1n) is 5.91. The van der Waals surface area contributed by atoms with E-state index in [9.17, 15) is 9.90 Å². The highest BCUT2D eigenvalue weighted by Crippen LogP contribution is 2.21. The molecular weight excluding hydrogens is 256 g/mol. The number of phenols is 2. The maximum absolute atomic E-state index is 11.7. The minimum absolute atomic E-state index is 0.0490. The highest BCUT2D eigenvalue weighted by Gasteiger charge is 2.00. The van der Waals surface area contributed by atoms with Gasteiger partial charge in [-0.3, -0.25) is 4.79 Å². The molecule has 0 aliphatic rings. The molecule has 0 bridgehead atoms. The van der Waals surface area contributed by atoms with Crippen LogP contribution < -0.4 is 11.1 Å². The van der Waals surface area contributed by atoms with Gasteiger partial charge in [0, 0.05) is 23.0 Å². The Balaban J connectivity index is 2.05. The fourth-order valence-electron chi connectivity index (χ4n) is 1.60. The molecule has 0 saturated heterocycles. The van der Waals surface area contributed by atoms with Gasteiger partial charge in [-0.1, -0.05) is 0 Å². The number of anilines is 2. The smallest absolute Gasteiger partial charge is 0.248 e. The number of amides is 1. The number of hydrogen-bond acceptors (Lipinski definition) is 4. The van der Waals surface area contributed by atoms with Gasteiger partial charge in [-0.25, -0.2) is 0 Å². The summed E-state index contributed by atoms with van der Waals surface area (Å²) in [6.07, 6.45) is 2.77. The molecule has 20 heavy (non-hydrogen) atoms. The fourth-order valence-corrected chi connectivity index (χ4v) is 1.60. The summed E-state index contributed by atoms with van der Waals surface area (Å²) in [6, 6.07) is 10.7.